The zero-order chi connectivity index (χ0) is 30.3. The molecule has 8 nitrogen and oxygen atoms in total. The van der Waals surface area contributed by atoms with Gasteiger partial charge in [-0.05, 0) is 86.5 Å². The van der Waals surface area contributed by atoms with Crippen molar-refractivity contribution in [3.8, 4) is 5.75 Å². The van der Waals surface area contributed by atoms with Crippen molar-refractivity contribution in [3.05, 3.63) is 88.2 Å². The van der Waals surface area contributed by atoms with E-state index >= 15 is 0 Å². The van der Waals surface area contributed by atoms with Crippen LogP contribution in [0.3, 0.4) is 0 Å². The molecule has 12 heteroatoms. The molecule has 0 aliphatic carbocycles. The summed E-state index contributed by atoms with van der Waals surface area (Å²) in [6.07, 6.45) is 0.674. The number of carbonyl (C=O) groups is 2. The number of benzene rings is 3. The Kier molecular flexibility index (Phi) is 11.0. The third-order valence-electron chi connectivity index (χ3n) is 6.57. The maximum Gasteiger partial charge on any atom is 0.264 e. The molecule has 3 aromatic carbocycles. The SMILES string of the molecule is CC[C@@H](C)NC(=O)[C@@H](C)N(Cc1ccc(Cl)cc1Cl)C(=O)CN(c1ccc(F)cc1)S(=O)(=O)c1ccc(OC)cc1. The summed E-state index contributed by atoms with van der Waals surface area (Å²) >= 11 is 12.4. The number of amides is 2. The number of nitrogens with zero attached hydrogens (tertiary/aromatic N) is 2. The van der Waals surface area contributed by atoms with Gasteiger partial charge in [-0.2, -0.15) is 0 Å². The summed E-state index contributed by atoms with van der Waals surface area (Å²) in [7, 11) is -2.86. The van der Waals surface area contributed by atoms with Crippen LogP contribution in [0.4, 0.5) is 10.1 Å². The lowest BCUT2D eigenvalue weighted by Crippen LogP contribution is -2.52. The summed E-state index contributed by atoms with van der Waals surface area (Å²) < 4.78 is 47.4. The molecular weight excluding hydrogens is 592 g/mol. The first-order chi connectivity index (χ1) is 19.4. The maximum absolute atomic E-state index is 13.9. The normalized spacial score (nSPS) is 12.8. The zero-order valence-corrected chi connectivity index (χ0v) is 25.4. The summed E-state index contributed by atoms with van der Waals surface area (Å²) in [4.78, 5) is 28.2. The lowest BCUT2D eigenvalue weighted by Gasteiger charge is -2.32. The van der Waals surface area contributed by atoms with E-state index in [0.29, 0.717) is 22.8 Å². The number of rotatable bonds is 12. The van der Waals surface area contributed by atoms with Crippen molar-refractivity contribution in [3.63, 3.8) is 0 Å². The van der Waals surface area contributed by atoms with Crippen LogP contribution < -0.4 is 14.4 Å². The van der Waals surface area contributed by atoms with Crippen molar-refractivity contribution < 1.29 is 27.1 Å². The van der Waals surface area contributed by atoms with Crippen LogP contribution in [-0.4, -0.2) is 50.9 Å². The first kappa shape index (κ1) is 32.2. The number of sulfonamides is 1. The highest BCUT2D eigenvalue weighted by Gasteiger charge is 2.33. The quantitative estimate of drug-likeness (QED) is 0.280. The van der Waals surface area contributed by atoms with E-state index < -0.39 is 40.2 Å². The Morgan fingerprint density at radius 3 is 2.20 bits per heavy atom. The third kappa shape index (κ3) is 8.12. The Hall–Kier alpha value is -3.34. The van der Waals surface area contributed by atoms with Gasteiger partial charge in [0.25, 0.3) is 10.0 Å². The topological polar surface area (TPSA) is 96.0 Å². The highest BCUT2D eigenvalue weighted by atomic mass is 35.5. The molecule has 0 radical (unpaired) electrons. The molecule has 41 heavy (non-hydrogen) atoms. The molecule has 0 aliphatic rings. The second kappa shape index (κ2) is 14.0. The fourth-order valence-corrected chi connectivity index (χ4v) is 5.77. The Morgan fingerprint density at radius 1 is 1.00 bits per heavy atom. The highest BCUT2D eigenvalue weighted by Crippen LogP contribution is 2.27. The van der Waals surface area contributed by atoms with Crippen LogP contribution in [0.5, 0.6) is 5.75 Å². The molecule has 0 spiro atoms. The standard InChI is InChI=1S/C29H32Cl2FN3O5S/c1-5-19(2)33-29(37)20(3)34(17-21-6-7-22(30)16-27(21)31)28(36)18-35(24-10-8-23(32)9-11-24)41(38,39)26-14-12-25(40-4)13-15-26/h6-16,19-20H,5,17-18H2,1-4H3,(H,33,37)/t19-,20-/m1/s1. The molecule has 1 N–H and O–H groups in total. The average Bonchev–Trinajstić information content (AvgIpc) is 2.95. The molecule has 0 unspecified atom stereocenters. The van der Waals surface area contributed by atoms with Gasteiger partial charge >= 0.3 is 0 Å². The number of methoxy groups -OCH3 is 1. The fourth-order valence-electron chi connectivity index (χ4n) is 3.89. The van der Waals surface area contributed by atoms with E-state index in [9.17, 15) is 22.4 Å². The zero-order valence-electron chi connectivity index (χ0n) is 23.1. The number of carbonyl (C=O) groups excluding carboxylic acids is 2. The summed E-state index contributed by atoms with van der Waals surface area (Å²) in [5.41, 5.74) is 0.579. The van der Waals surface area contributed by atoms with Crippen molar-refractivity contribution in [2.24, 2.45) is 0 Å². The summed E-state index contributed by atoms with van der Waals surface area (Å²) in [6.45, 7) is 4.54. The van der Waals surface area contributed by atoms with Crippen LogP contribution in [0, 0.1) is 5.82 Å². The lowest BCUT2D eigenvalue weighted by atomic mass is 10.1. The number of hydrogen-bond acceptors (Lipinski definition) is 5. The van der Waals surface area contributed by atoms with E-state index in [2.05, 4.69) is 5.32 Å². The van der Waals surface area contributed by atoms with Crippen molar-refractivity contribution in [1.29, 1.82) is 0 Å². The predicted octanol–water partition coefficient (Wildman–Crippen LogP) is 5.67. The molecule has 2 amide bonds. The van der Waals surface area contributed by atoms with E-state index in [-0.39, 0.29) is 28.2 Å². The number of ether oxygens (including phenoxy) is 1. The molecule has 3 aromatic rings. The van der Waals surface area contributed by atoms with Crippen LogP contribution >= 0.6 is 23.2 Å². The van der Waals surface area contributed by atoms with Gasteiger partial charge in [0.2, 0.25) is 11.8 Å². The minimum absolute atomic E-state index is 0.0664. The van der Waals surface area contributed by atoms with Crippen LogP contribution in [-0.2, 0) is 26.2 Å². The molecule has 0 saturated carbocycles. The number of anilines is 1. The van der Waals surface area contributed by atoms with Gasteiger partial charge in [-0.1, -0.05) is 36.2 Å². The van der Waals surface area contributed by atoms with Crippen molar-refractivity contribution >= 4 is 50.7 Å². The minimum atomic E-state index is -4.31. The van der Waals surface area contributed by atoms with Gasteiger partial charge in [0.15, 0.2) is 0 Å². The molecule has 220 valence electrons. The average molecular weight is 625 g/mol. The second-order valence-electron chi connectivity index (χ2n) is 9.41. The largest absolute Gasteiger partial charge is 0.497 e. The minimum Gasteiger partial charge on any atom is -0.497 e. The van der Waals surface area contributed by atoms with Gasteiger partial charge in [0.1, 0.15) is 24.2 Å². The van der Waals surface area contributed by atoms with E-state index in [1.807, 2.05) is 13.8 Å². The Bertz CT molecular complexity index is 1470. The first-order valence-electron chi connectivity index (χ1n) is 12.8. The van der Waals surface area contributed by atoms with Gasteiger partial charge in [-0.15, -0.1) is 0 Å². The van der Waals surface area contributed by atoms with Crippen molar-refractivity contribution in [1.82, 2.24) is 10.2 Å². The van der Waals surface area contributed by atoms with Crippen LogP contribution in [0.1, 0.15) is 32.8 Å². The van der Waals surface area contributed by atoms with Crippen molar-refractivity contribution in [2.45, 2.75) is 50.7 Å². The Labute approximate surface area is 250 Å². The Morgan fingerprint density at radius 2 is 1.63 bits per heavy atom. The molecule has 3 rings (SSSR count). The first-order valence-corrected chi connectivity index (χ1v) is 15.0. The van der Waals surface area contributed by atoms with E-state index in [4.69, 9.17) is 27.9 Å². The lowest BCUT2D eigenvalue weighted by molar-refractivity contribution is -0.139. The van der Waals surface area contributed by atoms with Gasteiger partial charge in [-0.3, -0.25) is 13.9 Å². The molecule has 0 bridgehead atoms. The van der Waals surface area contributed by atoms with Crippen molar-refractivity contribution in [2.75, 3.05) is 18.0 Å². The van der Waals surface area contributed by atoms with Gasteiger partial charge < -0.3 is 15.0 Å². The summed E-state index contributed by atoms with van der Waals surface area (Å²) in [5, 5.41) is 3.54. The highest BCUT2D eigenvalue weighted by molar-refractivity contribution is 7.92. The van der Waals surface area contributed by atoms with E-state index in [0.717, 1.165) is 16.4 Å². The smallest absolute Gasteiger partial charge is 0.264 e. The van der Waals surface area contributed by atoms with E-state index in [1.54, 1.807) is 19.1 Å². The van der Waals surface area contributed by atoms with E-state index in [1.165, 1.54) is 54.5 Å². The molecule has 2 atom stereocenters. The molecule has 0 aromatic heterocycles. The maximum atomic E-state index is 13.9. The number of hydrogen-bond donors (Lipinski definition) is 1. The molecule has 0 heterocycles. The van der Waals surface area contributed by atoms with Gasteiger partial charge in [0, 0.05) is 22.6 Å². The van der Waals surface area contributed by atoms with Crippen LogP contribution in [0.2, 0.25) is 10.0 Å². The molecule has 0 fully saturated rings. The third-order valence-corrected chi connectivity index (χ3v) is 8.94. The Balaban J connectivity index is 2.04. The number of nitrogens with one attached hydrogen (secondary N) is 1. The fraction of sp³-hybridized carbons (Fsp3) is 0.310. The summed E-state index contributed by atoms with van der Waals surface area (Å²) in [5.74, 6) is -1.22. The molecule has 0 saturated heterocycles. The van der Waals surface area contributed by atoms with Gasteiger partial charge in [-0.25, -0.2) is 12.8 Å². The monoisotopic (exact) mass is 623 g/mol. The molecule has 0 aliphatic heterocycles. The van der Waals surface area contributed by atoms with Crippen LogP contribution in [0.25, 0.3) is 0 Å². The van der Waals surface area contributed by atoms with Crippen LogP contribution in [0.15, 0.2) is 71.6 Å². The predicted molar refractivity (Wildman–Crippen MR) is 158 cm³/mol. The molecular formula is C29H32Cl2FN3O5S. The second-order valence-corrected chi connectivity index (χ2v) is 12.1. The number of halogens is 3. The van der Waals surface area contributed by atoms with Gasteiger partial charge in [0.05, 0.1) is 17.7 Å². The summed E-state index contributed by atoms with van der Waals surface area (Å²) in [6, 6.07) is 14.0.